The van der Waals surface area contributed by atoms with Crippen molar-refractivity contribution < 1.29 is 0 Å². The Hall–Kier alpha value is -1.08. The van der Waals surface area contributed by atoms with E-state index < -0.39 is 0 Å². The van der Waals surface area contributed by atoms with Crippen LogP contribution >= 0.6 is 0 Å². The van der Waals surface area contributed by atoms with Crippen LogP contribution in [0.25, 0.3) is 0 Å². The van der Waals surface area contributed by atoms with Gasteiger partial charge in [-0.25, -0.2) is 0 Å². The minimum absolute atomic E-state index is 0.622. The van der Waals surface area contributed by atoms with Crippen LogP contribution in [0.5, 0.6) is 0 Å². The fourth-order valence-corrected chi connectivity index (χ4v) is 3.08. The predicted molar refractivity (Wildman–Crippen MR) is 88.1 cm³/mol. The monoisotopic (exact) mass is 271 g/mol. The molecule has 0 fully saturated rings. The highest BCUT2D eigenvalue weighted by molar-refractivity contribution is 5.20. The van der Waals surface area contributed by atoms with Crippen molar-refractivity contribution in [3.63, 3.8) is 0 Å². The van der Waals surface area contributed by atoms with Gasteiger partial charge in [-0.05, 0) is 56.0 Å². The summed E-state index contributed by atoms with van der Waals surface area (Å²) in [7, 11) is 0. The molecule has 0 amide bonds. The quantitative estimate of drug-likeness (QED) is 0.549. The molecule has 0 radical (unpaired) electrons. The third-order valence-corrected chi connectivity index (χ3v) is 4.40. The lowest BCUT2D eigenvalue weighted by atomic mass is 9.88. The van der Waals surface area contributed by atoms with Crippen LogP contribution < -0.4 is 5.32 Å². The summed E-state index contributed by atoms with van der Waals surface area (Å²) >= 11 is 0. The van der Waals surface area contributed by atoms with Gasteiger partial charge in [0.15, 0.2) is 0 Å². The SMILES string of the molecule is CC(C)C(CNCCC1=CCCCC1)c1ccccc1. The van der Waals surface area contributed by atoms with Crippen LogP contribution in [0.2, 0.25) is 0 Å². The van der Waals surface area contributed by atoms with E-state index in [1.807, 2.05) is 0 Å². The highest BCUT2D eigenvalue weighted by Crippen LogP contribution is 2.23. The Morgan fingerprint density at radius 3 is 2.55 bits per heavy atom. The van der Waals surface area contributed by atoms with E-state index in [2.05, 4.69) is 55.6 Å². The molecule has 0 aromatic heterocycles. The molecule has 1 aliphatic carbocycles. The van der Waals surface area contributed by atoms with Gasteiger partial charge in [0, 0.05) is 6.54 Å². The van der Waals surface area contributed by atoms with Crippen LogP contribution in [0.3, 0.4) is 0 Å². The zero-order valence-corrected chi connectivity index (χ0v) is 13.1. The molecule has 1 aliphatic rings. The molecular formula is C19H29N. The average molecular weight is 271 g/mol. The number of hydrogen-bond acceptors (Lipinski definition) is 1. The van der Waals surface area contributed by atoms with E-state index in [1.54, 1.807) is 5.57 Å². The Morgan fingerprint density at radius 2 is 1.90 bits per heavy atom. The number of rotatable bonds is 7. The highest BCUT2D eigenvalue weighted by atomic mass is 14.9. The minimum Gasteiger partial charge on any atom is -0.316 e. The molecule has 0 saturated heterocycles. The van der Waals surface area contributed by atoms with Gasteiger partial charge < -0.3 is 5.32 Å². The summed E-state index contributed by atoms with van der Waals surface area (Å²) in [5.41, 5.74) is 3.14. The molecule has 1 aromatic carbocycles. The number of benzene rings is 1. The molecule has 20 heavy (non-hydrogen) atoms. The van der Waals surface area contributed by atoms with Gasteiger partial charge in [0.05, 0.1) is 0 Å². The lowest BCUT2D eigenvalue weighted by Crippen LogP contribution is -2.26. The Balaban J connectivity index is 1.77. The van der Waals surface area contributed by atoms with Crippen molar-refractivity contribution in [1.82, 2.24) is 5.32 Å². The van der Waals surface area contributed by atoms with Crippen molar-refractivity contribution in [2.24, 2.45) is 5.92 Å². The standard InChI is InChI=1S/C19H29N/c1-16(2)19(18-11-7-4-8-12-18)15-20-14-13-17-9-5-3-6-10-17/h4,7-9,11-12,16,19-20H,3,5-6,10,13-15H2,1-2H3. The van der Waals surface area contributed by atoms with Gasteiger partial charge in [-0.1, -0.05) is 55.8 Å². The maximum Gasteiger partial charge on any atom is 0.00227 e. The van der Waals surface area contributed by atoms with E-state index in [4.69, 9.17) is 0 Å². The molecule has 1 nitrogen and oxygen atoms in total. The van der Waals surface area contributed by atoms with Gasteiger partial charge >= 0.3 is 0 Å². The highest BCUT2D eigenvalue weighted by Gasteiger charge is 2.15. The largest absolute Gasteiger partial charge is 0.316 e. The maximum atomic E-state index is 3.67. The molecule has 1 unspecified atom stereocenters. The fraction of sp³-hybridized carbons (Fsp3) is 0.579. The number of allylic oxidation sites excluding steroid dienone is 1. The van der Waals surface area contributed by atoms with Crippen LogP contribution in [0.4, 0.5) is 0 Å². The smallest absolute Gasteiger partial charge is 0.00227 e. The van der Waals surface area contributed by atoms with E-state index in [9.17, 15) is 0 Å². The first-order valence-electron chi connectivity index (χ1n) is 8.21. The predicted octanol–water partition coefficient (Wildman–Crippen LogP) is 4.91. The molecule has 1 atom stereocenters. The van der Waals surface area contributed by atoms with E-state index in [0.29, 0.717) is 11.8 Å². The summed E-state index contributed by atoms with van der Waals surface area (Å²) in [6.07, 6.45) is 9.11. The summed E-state index contributed by atoms with van der Waals surface area (Å²) in [6.45, 7) is 6.86. The molecular weight excluding hydrogens is 242 g/mol. The van der Waals surface area contributed by atoms with Crippen LogP contribution in [0, 0.1) is 5.92 Å². The molecule has 0 aliphatic heterocycles. The lowest BCUT2D eigenvalue weighted by molar-refractivity contribution is 0.461. The van der Waals surface area contributed by atoms with Crippen LogP contribution in [-0.4, -0.2) is 13.1 Å². The van der Waals surface area contributed by atoms with Gasteiger partial charge in [0.2, 0.25) is 0 Å². The van der Waals surface area contributed by atoms with Gasteiger partial charge in [-0.3, -0.25) is 0 Å². The first kappa shape index (κ1) is 15.3. The van der Waals surface area contributed by atoms with Crippen LogP contribution in [-0.2, 0) is 0 Å². The summed E-state index contributed by atoms with van der Waals surface area (Å²) in [5, 5.41) is 3.67. The Bertz CT molecular complexity index is 405. The van der Waals surface area contributed by atoms with Gasteiger partial charge in [0.1, 0.15) is 0 Å². The van der Waals surface area contributed by atoms with Gasteiger partial charge in [-0.2, -0.15) is 0 Å². The Morgan fingerprint density at radius 1 is 1.10 bits per heavy atom. The average Bonchev–Trinajstić information content (AvgIpc) is 2.49. The summed E-state index contributed by atoms with van der Waals surface area (Å²) in [4.78, 5) is 0. The number of hydrogen-bond donors (Lipinski definition) is 1. The van der Waals surface area contributed by atoms with E-state index in [0.717, 1.165) is 13.1 Å². The first-order chi connectivity index (χ1) is 9.77. The van der Waals surface area contributed by atoms with Gasteiger partial charge in [-0.15, -0.1) is 0 Å². The zero-order chi connectivity index (χ0) is 14.2. The van der Waals surface area contributed by atoms with Crippen LogP contribution in [0.15, 0.2) is 42.0 Å². The second kappa shape index (κ2) is 8.26. The van der Waals surface area contributed by atoms with Crippen molar-refractivity contribution in [3.8, 4) is 0 Å². The second-order valence-corrected chi connectivity index (χ2v) is 6.32. The molecule has 2 rings (SSSR count). The van der Waals surface area contributed by atoms with Crippen molar-refractivity contribution in [2.75, 3.05) is 13.1 Å². The molecule has 110 valence electrons. The Labute approximate surface area is 124 Å². The van der Waals surface area contributed by atoms with Gasteiger partial charge in [0.25, 0.3) is 0 Å². The van der Waals surface area contributed by atoms with E-state index in [-0.39, 0.29) is 0 Å². The van der Waals surface area contributed by atoms with E-state index >= 15 is 0 Å². The molecule has 0 heterocycles. The topological polar surface area (TPSA) is 12.0 Å². The zero-order valence-electron chi connectivity index (χ0n) is 13.1. The van der Waals surface area contributed by atoms with Crippen molar-refractivity contribution >= 4 is 0 Å². The second-order valence-electron chi connectivity index (χ2n) is 6.32. The van der Waals surface area contributed by atoms with E-state index in [1.165, 1.54) is 37.7 Å². The van der Waals surface area contributed by atoms with Crippen molar-refractivity contribution in [1.29, 1.82) is 0 Å². The third kappa shape index (κ3) is 4.79. The Kier molecular flexibility index (Phi) is 6.32. The molecule has 1 aromatic rings. The van der Waals surface area contributed by atoms with Crippen molar-refractivity contribution in [3.05, 3.63) is 47.5 Å². The minimum atomic E-state index is 0.622. The molecule has 1 heteroatoms. The molecule has 0 saturated carbocycles. The lowest BCUT2D eigenvalue weighted by Gasteiger charge is -2.22. The summed E-state index contributed by atoms with van der Waals surface area (Å²) in [5.74, 6) is 1.30. The van der Waals surface area contributed by atoms with Crippen LogP contribution in [0.1, 0.15) is 57.4 Å². The molecule has 0 spiro atoms. The molecule has 1 N–H and O–H groups in total. The number of nitrogens with one attached hydrogen (secondary N) is 1. The fourth-order valence-electron chi connectivity index (χ4n) is 3.08. The third-order valence-electron chi connectivity index (χ3n) is 4.40. The normalized spacial score (nSPS) is 17.1. The maximum absolute atomic E-state index is 3.67. The first-order valence-corrected chi connectivity index (χ1v) is 8.21. The van der Waals surface area contributed by atoms with Crippen molar-refractivity contribution in [2.45, 2.75) is 51.9 Å². The summed E-state index contributed by atoms with van der Waals surface area (Å²) in [6, 6.07) is 10.9. The summed E-state index contributed by atoms with van der Waals surface area (Å²) < 4.78 is 0. The molecule has 0 bridgehead atoms.